The van der Waals surface area contributed by atoms with Gasteiger partial charge in [0.25, 0.3) is 0 Å². The molecule has 0 fully saturated rings. The molecule has 0 spiro atoms. The van der Waals surface area contributed by atoms with Gasteiger partial charge in [-0.1, -0.05) is 0 Å². The van der Waals surface area contributed by atoms with Crippen LogP contribution in [-0.4, -0.2) is 50.7 Å². The lowest BCUT2D eigenvalue weighted by atomic mass is 10.4. The van der Waals surface area contributed by atoms with Gasteiger partial charge in [0.15, 0.2) is 0 Å². The molecule has 8 nitrogen and oxygen atoms in total. The molecule has 0 aliphatic heterocycles. The van der Waals surface area contributed by atoms with Crippen LogP contribution in [0.2, 0.25) is 0 Å². The number of alkyl halides is 3. The maximum Gasteiger partial charge on any atom is 0.390 e. The number of aromatic nitrogens is 2. The van der Waals surface area contributed by atoms with E-state index in [1.807, 2.05) is 4.72 Å². The van der Waals surface area contributed by atoms with Gasteiger partial charge in [0, 0.05) is 18.9 Å². The van der Waals surface area contributed by atoms with Crippen molar-refractivity contribution in [2.45, 2.75) is 12.6 Å². The van der Waals surface area contributed by atoms with Gasteiger partial charge in [-0.15, -0.1) is 0 Å². The molecule has 2 aromatic rings. The summed E-state index contributed by atoms with van der Waals surface area (Å²) in [5.74, 6) is -1.77. The third-order valence-electron chi connectivity index (χ3n) is 3.02. The zero-order valence-corrected chi connectivity index (χ0v) is 14.3. The van der Waals surface area contributed by atoms with Crippen molar-refractivity contribution in [2.24, 2.45) is 0 Å². The summed E-state index contributed by atoms with van der Waals surface area (Å²) in [4.78, 5) is 0. The predicted octanol–water partition coefficient (Wildman–Crippen LogP) is 0.948. The van der Waals surface area contributed by atoms with E-state index in [0.717, 1.165) is 0 Å². The van der Waals surface area contributed by atoms with Crippen LogP contribution in [0.5, 0.6) is 0 Å². The zero-order chi connectivity index (χ0) is 18.7. The zero-order valence-electron chi connectivity index (χ0n) is 12.7. The minimum absolute atomic E-state index is 0.257. The summed E-state index contributed by atoms with van der Waals surface area (Å²) < 4.78 is 88.3. The van der Waals surface area contributed by atoms with Gasteiger partial charge in [0.1, 0.15) is 0 Å². The van der Waals surface area contributed by atoms with E-state index in [9.17, 15) is 30.0 Å². The highest BCUT2D eigenvalue weighted by molar-refractivity contribution is 7.92. The van der Waals surface area contributed by atoms with Crippen molar-refractivity contribution in [1.82, 2.24) is 14.3 Å². The van der Waals surface area contributed by atoms with Crippen molar-refractivity contribution in [3.8, 4) is 0 Å². The van der Waals surface area contributed by atoms with Crippen LogP contribution >= 0.6 is 0 Å². The maximum atomic E-state index is 12.0. The molecule has 0 saturated carbocycles. The molecule has 2 aromatic heterocycles. The summed E-state index contributed by atoms with van der Waals surface area (Å²) in [5, 5.41) is 3.95. The largest absolute Gasteiger partial charge is 0.390 e. The molecular formula is C12H15F3N4O4S2. The van der Waals surface area contributed by atoms with Crippen LogP contribution < -0.4 is 9.44 Å². The van der Waals surface area contributed by atoms with E-state index >= 15 is 0 Å². The normalized spacial score (nSPS) is 13.2. The first-order valence-corrected chi connectivity index (χ1v) is 10.2. The van der Waals surface area contributed by atoms with Crippen LogP contribution in [0.25, 0.3) is 5.52 Å². The fraction of sp³-hybridized carbons (Fsp3) is 0.417. The summed E-state index contributed by atoms with van der Waals surface area (Å²) in [7, 11) is -8.09. The van der Waals surface area contributed by atoms with Gasteiger partial charge in [-0.05, 0) is 18.2 Å². The van der Waals surface area contributed by atoms with Crippen molar-refractivity contribution in [3.05, 3.63) is 30.6 Å². The highest BCUT2D eigenvalue weighted by Gasteiger charge is 2.29. The molecule has 0 atom stereocenters. The molecule has 0 saturated heterocycles. The van der Waals surface area contributed by atoms with Gasteiger partial charge in [-0.25, -0.2) is 26.1 Å². The smallest absolute Gasteiger partial charge is 0.283 e. The lowest BCUT2D eigenvalue weighted by molar-refractivity contribution is -0.129. The van der Waals surface area contributed by atoms with Gasteiger partial charge < -0.3 is 0 Å². The van der Waals surface area contributed by atoms with Crippen LogP contribution in [0, 0.1) is 0 Å². The molecule has 2 rings (SSSR count). The average Bonchev–Trinajstić information content (AvgIpc) is 2.91. The molecule has 0 amide bonds. The summed E-state index contributed by atoms with van der Waals surface area (Å²) in [6.45, 7) is -0.537. The number of pyridine rings is 1. The third kappa shape index (κ3) is 6.51. The van der Waals surface area contributed by atoms with Crippen molar-refractivity contribution >= 4 is 31.3 Å². The van der Waals surface area contributed by atoms with Crippen molar-refractivity contribution in [2.75, 3.05) is 22.8 Å². The molecule has 0 unspecified atom stereocenters. The molecule has 0 aliphatic carbocycles. The number of fused-ring (bicyclic) bond motifs is 1. The second kappa shape index (κ2) is 7.17. The molecular weight excluding hydrogens is 385 g/mol. The molecule has 25 heavy (non-hydrogen) atoms. The fourth-order valence-electron chi connectivity index (χ4n) is 1.87. The van der Waals surface area contributed by atoms with E-state index in [2.05, 4.69) is 9.82 Å². The minimum atomic E-state index is -4.60. The maximum absolute atomic E-state index is 12.0. The Hall–Kier alpha value is -1.86. The number of hydrogen-bond donors (Lipinski definition) is 2. The number of sulfonamides is 2. The number of nitrogens with one attached hydrogen (secondary N) is 2. The number of anilines is 1. The predicted molar refractivity (Wildman–Crippen MR) is 85.1 cm³/mol. The van der Waals surface area contributed by atoms with Gasteiger partial charge in [0.2, 0.25) is 20.0 Å². The summed E-state index contributed by atoms with van der Waals surface area (Å²) in [6, 6.07) is 4.65. The van der Waals surface area contributed by atoms with Gasteiger partial charge in [-0.2, -0.15) is 18.3 Å². The number of nitrogens with zero attached hydrogens (tertiary/aromatic N) is 2. The van der Waals surface area contributed by atoms with Crippen LogP contribution in [0.4, 0.5) is 18.9 Å². The Balaban J connectivity index is 1.88. The van der Waals surface area contributed by atoms with E-state index in [1.165, 1.54) is 29.0 Å². The Kier molecular flexibility index (Phi) is 5.58. The molecule has 0 radical (unpaired) electrons. The fourth-order valence-corrected chi connectivity index (χ4v) is 4.02. The Morgan fingerprint density at radius 2 is 1.80 bits per heavy atom. The van der Waals surface area contributed by atoms with E-state index in [-0.39, 0.29) is 5.69 Å². The second-order valence-electron chi connectivity index (χ2n) is 5.12. The van der Waals surface area contributed by atoms with Gasteiger partial charge >= 0.3 is 6.18 Å². The minimum Gasteiger partial charge on any atom is -0.283 e. The summed E-state index contributed by atoms with van der Waals surface area (Å²) >= 11 is 0. The monoisotopic (exact) mass is 400 g/mol. The van der Waals surface area contributed by atoms with Crippen molar-refractivity contribution < 1.29 is 30.0 Å². The SMILES string of the molecule is O=S(=O)(CCC(F)(F)F)NCCS(=O)(=O)Nc1ccn2nccc2c1. The molecule has 0 bridgehead atoms. The molecule has 140 valence electrons. The van der Waals surface area contributed by atoms with Crippen LogP contribution in [0.3, 0.4) is 0 Å². The van der Waals surface area contributed by atoms with E-state index in [1.54, 1.807) is 6.07 Å². The number of halogens is 3. The van der Waals surface area contributed by atoms with E-state index in [0.29, 0.717) is 5.52 Å². The first kappa shape index (κ1) is 19.5. The quantitative estimate of drug-likeness (QED) is 0.686. The molecule has 2 N–H and O–H groups in total. The average molecular weight is 400 g/mol. The first-order valence-electron chi connectivity index (χ1n) is 6.94. The standard InChI is InChI=1S/C12H15F3N4O4S2/c13-12(14,15)3-7-24(20,21)17-5-8-25(22,23)18-10-2-6-19-11(9-10)1-4-16-19/h1-2,4,6,9,17-18H,3,5,7-8H2. The summed E-state index contributed by atoms with van der Waals surface area (Å²) in [5.41, 5.74) is 0.904. The van der Waals surface area contributed by atoms with Crippen LogP contribution in [0.1, 0.15) is 6.42 Å². The molecule has 2 heterocycles. The Bertz CT molecular complexity index is 939. The summed E-state index contributed by atoms with van der Waals surface area (Å²) in [6.07, 6.45) is -3.04. The number of hydrogen-bond acceptors (Lipinski definition) is 5. The van der Waals surface area contributed by atoms with E-state index in [4.69, 9.17) is 0 Å². The van der Waals surface area contributed by atoms with E-state index < -0.39 is 50.7 Å². The van der Waals surface area contributed by atoms with Crippen molar-refractivity contribution in [3.63, 3.8) is 0 Å². The topological polar surface area (TPSA) is 110 Å². The van der Waals surface area contributed by atoms with Crippen LogP contribution in [0.15, 0.2) is 30.6 Å². The highest BCUT2D eigenvalue weighted by Crippen LogP contribution is 2.19. The molecule has 0 aromatic carbocycles. The van der Waals surface area contributed by atoms with Crippen LogP contribution in [-0.2, 0) is 20.0 Å². The molecule has 13 heteroatoms. The van der Waals surface area contributed by atoms with Crippen molar-refractivity contribution in [1.29, 1.82) is 0 Å². The Labute approximate surface area is 142 Å². The highest BCUT2D eigenvalue weighted by atomic mass is 32.2. The second-order valence-corrected chi connectivity index (χ2v) is 8.88. The third-order valence-corrected chi connectivity index (χ3v) is 5.69. The lowest BCUT2D eigenvalue weighted by Crippen LogP contribution is -2.33. The Morgan fingerprint density at radius 3 is 2.48 bits per heavy atom. The molecule has 0 aliphatic rings. The Morgan fingerprint density at radius 1 is 1.08 bits per heavy atom. The lowest BCUT2D eigenvalue weighted by Gasteiger charge is -2.10. The van der Waals surface area contributed by atoms with Gasteiger partial charge in [-0.3, -0.25) is 4.72 Å². The number of rotatable bonds is 8. The van der Waals surface area contributed by atoms with Gasteiger partial charge in [0.05, 0.1) is 29.1 Å². The first-order chi connectivity index (χ1) is 11.5.